The van der Waals surface area contributed by atoms with Gasteiger partial charge in [-0.25, -0.2) is 12.8 Å². The van der Waals surface area contributed by atoms with Crippen molar-refractivity contribution in [2.45, 2.75) is 48.2 Å². The van der Waals surface area contributed by atoms with Crippen LogP contribution in [-0.4, -0.2) is 55.8 Å². The van der Waals surface area contributed by atoms with Gasteiger partial charge in [0.1, 0.15) is 5.82 Å². The average Bonchev–Trinajstić information content (AvgIpc) is 3.37. The van der Waals surface area contributed by atoms with Gasteiger partial charge in [0.05, 0.1) is 16.6 Å². The molecule has 206 valence electrons. The summed E-state index contributed by atoms with van der Waals surface area (Å²) in [6, 6.07) is 4.24. The summed E-state index contributed by atoms with van der Waals surface area (Å²) in [5, 5.41) is 9.81. The van der Waals surface area contributed by atoms with Gasteiger partial charge in [0.2, 0.25) is 5.91 Å². The molecule has 0 bridgehead atoms. The van der Waals surface area contributed by atoms with Crippen LogP contribution in [0.2, 0.25) is 0 Å². The number of carbonyl (C=O) groups excluding carboxylic acids is 1. The summed E-state index contributed by atoms with van der Waals surface area (Å²) < 4.78 is 122. The number of benzene rings is 2. The third-order valence-corrected chi connectivity index (χ3v) is 8.47. The van der Waals surface area contributed by atoms with Gasteiger partial charge in [-0.15, -0.1) is 0 Å². The molecule has 0 aromatic heterocycles. The maximum Gasteiger partial charge on any atom is 0.430 e. The summed E-state index contributed by atoms with van der Waals surface area (Å²) in [4.78, 5) is 13.9. The number of fused-ring (bicyclic) bond motifs is 1. The number of sulfonamides is 1. The minimum Gasteiger partial charge on any atom is -0.369 e. The Hall–Kier alpha value is -3.13. The Morgan fingerprint density at radius 3 is 2.08 bits per heavy atom. The maximum absolute atomic E-state index is 13.6. The van der Waals surface area contributed by atoms with E-state index in [2.05, 4.69) is 0 Å². The minimum atomic E-state index is -6.12. The van der Waals surface area contributed by atoms with Crippen LogP contribution in [0.15, 0.2) is 59.5 Å². The number of amides is 1. The van der Waals surface area contributed by atoms with Crippen molar-refractivity contribution in [1.29, 1.82) is 0 Å². The number of carbonyl (C=O) groups is 1. The van der Waals surface area contributed by atoms with Crippen molar-refractivity contribution in [3.63, 3.8) is 0 Å². The van der Waals surface area contributed by atoms with Gasteiger partial charge < -0.3 is 10.0 Å². The van der Waals surface area contributed by atoms with E-state index in [0.29, 0.717) is 25.2 Å². The second-order valence-corrected chi connectivity index (χ2v) is 10.8. The van der Waals surface area contributed by atoms with E-state index in [1.807, 2.05) is 0 Å². The van der Waals surface area contributed by atoms with Crippen LogP contribution in [0.4, 0.5) is 36.4 Å². The van der Waals surface area contributed by atoms with Crippen molar-refractivity contribution in [1.82, 2.24) is 4.90 Å². The molecule has 2 aliphatic heterocycles. The van der Waals surface area contributed by atoms with Crippen molar-refractivity contribution in [3.8, 4) is 0 Å². The van der Waals surface area contributed by atoms with Crippen LogP contribution >= 0.6 is 0 Å². The van der Waals surface area contributed by atoms with Gasteiger partial charge >= 0.3 is 12.4 Å². The first-order valence-electron chi connectivity index (χ1n) is 11.3. The highest BCUT2D eigenvalue weighted by Crippen LogP contribution is 2.51. The van der Waals surface area contributed by atoms with Crippen LogP contribution in [0, 0.1) is 5.82 Å². The number of alkyl halides is 6. The molecule has 38 heavy (non-hydrogen) atoms. The van der Waals surface area contributed by atoms with Crippen LogP contribution in [0.25, 0.3) is 0 Å². The predicted octanol–water partition coefficient (Wildman–Crippen LogP) is 4.44. The first-order valence-corrected chi connectivity index (χ1v) is 12.7. The highest BCUT2D eigenvalue weighted by atomic mass is 32.2. The number of nitrogens with zero attached hydrogens (tertiary/aromatic N) is 2. The molecule has 2 heterocycles. The Morgan fingerprint density at radius 1 is 0.947 bits per heavy atom. The highest BCUT2D eigenvalue weighted by Gasteiger charge is 2.71. The lowest BCUT2D eigenvalue weighted by atomic mass is 9.87. The van der Waals surface area contributed by atoms with E-state index < -0.39 is 56.2 Å². The highest BCUT2D eigenvalue weighted by molar-refractivity contribution is 7.92. The second kappa shape index (κ2) is 9.56. The summed E-state index contributed by atoms with van der Waals surface area (Å²) in [7, 11) is -4.54. The van der Waals surface area contributed by atoms with E-state index >= 15 is 0 Å². The zero-order valence-electron chi connectivity index (χ0n) is 19.4. The third kappa shape index (κ3) is 4.75. The molecule has 14 heteroatoms. The molecule has 1 atom stereocenters. The van der Waals surface area contributed by atoms with Crippen LogP contribution in [-0.2, 0) is 26.8 Å². The van der Waals surface area contributed by atoms with Crippen LogP contribution in [0.3, 0.4) is 0 Å². The molecule has 1 amide bonds. The molecular formula is C24H21F7N2O4S. The molecule has 0 unspecified atom stereocenters. The van der Waals surface area contributed by atoms with Gasteiger partial charge in [-0.3, -0.25) is 9.10 Å². The smallest absolute Gasteiger partial charge is 0.369 e. The minimum absolute atomic E-state index is 0.111. The van der Waals surface area contributed by atoms with E-state index in [1.165, 1.54) is 4.90 Å². The number of rotatable bonds is 5. The Labute approximate surface area is 213 Å². The number of aryl methyl sites for hydroxylation is 1. The van der Waals surface area contributed by atoms with Gasteiger partial charge in [0.25, 0.3) is 15.6 Å². The molecule has 0 spiro atoms. The topological polar surface area (TPSA) is 77.9 Å². The quantitative estimate of drug-likeness (QED) is 0.429. The number of halogens is 7. The number of hydrogen-bond acceptors (Lipinski definition) is 4. The van der Waals surface area contributed by atoms with Crippen molar-refractivity contribution >= 4 is 21.6 Å². The molecular weight excluding hydrogens is 545 g/mol. The standard InChI is InChI=1S/C24H21F7N2O4S/c25-17-5-8-19(9-6-17)38(36,37)33-18(14-21(34)32-11-1-2-12-32)7-3-15-13-16(4-10-20(15)33)22(35,23(26,27)28)24(29,30)31/h1-2,4-6,8-10,13,18,35H,3,7,11-12,14H2/t18-/m0/s1. The fourth-order valence-electron chi connectivity index (χ4n) is 4.59. The maximum atomic E-state index is 13.6. The Balaban J connectivity index is 1.82. The lowest BCUT2D eigenvalue weighted by Crippen LogP contribution is -2.54. The third-order valence-electron chi connectivity index (χ3n) is 6.59. The van der Waals surface area contributed by atoms with E-state index in [1.54, 1.807) is 12.2 Å². The van der Waals surface area contributed by atoms with E-state index in [4.69, 9.17) is 0 Å². The summed E-state index contributed by atoms with van der Waals surface area (Å²) >= 11 is 0. The Bertz CT molecular complexity index is 1330. The zero-order valence-corrected chi connectivity index (χ0v) is 20.2. The molecule has 0 saturated carbocycles. The van der Waals surface area contributed by atoms with Crippen LogP contribution in [0.5, 0.6) is 0 Å². The summed E-state index contributed by atoms with van der Waals surface area (Å²) in [6.45, 7) is 0.618. The molecule has 2 aliphatic rings. The van der Waals surface area contributed by atoms with Crippen LogP contribution in [0.1, 0.15) is 24.0 Å². The fraction of sp³-hybridized carbons (Fsp3) is 0.375. The van der Waals surface area contributed by atoms with Crippen molar-refractivity contribution in [2.24, 2.45) is 0 Å². The van der Waals surface area contributed by atoms with Gasteiger partial charge in [0.15, 0.2) is 0 Å². The Kier molecular flexibility index (Phi) is 7.02. The molecule has 0 aliphatic carbocycles. The van der Waals surface area contributed by atoms with Gasteiger partial charge in [-0.2, -0.15) is 26.3 Å². The summed E-state index contributed by atoms with van der Waals surface area (Å²) in [5.41, 5.74) is -7.15. The molecule has 2 aromatic rings. The number of anilines is 1. The number of hydrogen-bond donors (Lipinski definition) is 1. The fourth-order valence-corrected chi connectivity index (χ4v) is 6.31. The second-order valence-electron chi connectivity index (χ2n) is 8.97. The number of aliphatic hydroxyl groups is 1. The lowest BCUT2D eigenvalue weighted by molar-refractivity contribution is -0.376. The van der Waals surface area contributed by atoms with Crippen molar-refractivity contribution in [3.05, 3.63) is 71.6 Å². The molecule has 0 fully saturated rings. The molecule has 2 aromatic carbocycles. The molecule has 6 nitrogen and oxygen atoms in total. The lowest BCUT2D eigenvalue weighted by Gasteiger charge is -2.39. The first kappa shape index (κ1) is 27.9. The van der Waals surface area contributed by atoms with Crippen molar-refractivity contribution < 1.29 is 49.1 Å². The predicted molar refractivity (Wildman–Crippen MR) is 121 cm³/mol. The molecule has 0 saturated heterocycles. The van der Waals surface area contributed by atoms with Crippen molar-refractivity contribution in [2.75, 3.05) is 17.4 Å². The van der Waals surface area contributed by atoms with Crippen LogP contribution < -0.4 is 4.31 Å². The van der Waals surface area contributed by atoms with E-state index in [0.717, 1.165) is 34.6 Å². The van der Waals surface area contributed by atoms with Gasteiger partial charge in [-0.1, -0.05) is 24.3 Å². The molecule has 1 N–H and O–H groups in total. The van der Waals surface area contributed by atoms with E-state index in [-0.39, 0.29) is 30.5 Å². The van der Waals surface area contributed by atoms with Gasteiger partial charge in [0, 0.05) is 25.1 Å². The first-order chi connectivity index (χ1) is 17.6. The SMILES string of the molecule is O=C(C[C@@H]1CCc2cc(C(O)(C(F)(F)F)C(F)(F)F)ccc2N1S(=O)(=O)c1ccc(F)cc1)N1CC=CC1. The summed E-state index contributed by atoms with van der Waals surface area (Å²) in [5.74, 6) is -1.14. The Morgan fingerprint density at radius 2 is 1.53 bits per heavy atom. The van der Waals surface area contributed by atoms with Gasteiger partial charge in [-0.05, 0) is 48.7 Å². The normalized spacial score (nSPS) is 18.6. The summed E-state index contributed by atoms with van der Waals surface area (Å²) in [6.07, 6.45) is -9.34. The molecule has 4 rings (SSSR count). The molecule has 0 radical (unpaired) electrons. The largest absolute Gasteiger partial charge is 0.430 e. The zero-order chi connectivity index (χ0) is 28.1. The van der Waals surface area contributed by atoms with E-state index in [9.17, 15) is 49.1 Å². The average molecular weight is 566 g/mol. The monoisotopic (exact) mass is 566 g/mol.